The Bertz CT molecular complexity index is 481. The fraction of sp³-hybridized carbons (Fsp3) is 0.632. The highest BCUT2D eigenvalue weighted by Crippen LogP contribution is 2.27. The summed E-state index contributed by atoms with van der Waals surface area (Å²) in [6, 6.07) is 10.8. The Morgan fingerprint density at radius 2 is 1.78 bits per heavy atom. The third kappa shape index (κ3) is 4.79. The second-order valence-electron chi connectivity index (χ2n) is 6.82. The molecule has 1 aromatic rings. The number of piperidine rings is 1. The van der Waals surface area contributed by atoms with Crippen LogP contribution in [0.5, 0.6) is 0 Å². The largest absolute Gasteiger partial charge is 0.345 e. The first-order chi connectivity index (χ1) is 11.0. The Morgan fingerprint density at radius 1 is 1.17 bits per heavy atom. The van der Waals surface area contributed by atoms with E-state index in [9.17, 15) is 4.79 Å². The number of hydrogen-bond acceptors (Lipinski definition) is 3. The van der Waals surface area contributed by atoms with E-state index in [1.807, 2.05) is 33.0 Å². The van der Waals surface area contributed by atoms with E-state index in [-0.39, 0.29) is 11.9 Å². The van der Waals surface area contributed by atoms with E-state index in [0.29, 0.717) is 5.92 Å². The lowest BCUT2D eigenvalue weighted by molar-refractivity contribution is -0.135. The Morgan fingerprint density at radius 3 is 2.30 bits per heavy atom. The first-order valence-electron chi connectivity index (χ1n) is 8.71. The summed E-state index contributed by atoms with van der Waals surface area (Å²) in [6.45, 7) is 5.77. The second-order valence-corrected chi connectivity index (χ2v) is 6.82. The molecule has 0 spiro atoms. The summed E-state index contributed by atoms with van der Waals surface area (Å²) in [5, 5.41) is 0. The average Bonchev–Trinajstić information content (AvgIpc) is 2.59. The zero-order valence-electron chi connectivity index (χ0n) is 15.0. The van der Waals surface area contributed by atoms with Gasteiger partial charge in [0.1, 0.15) is 6.04 Å². The van der Waals surface area contributed by atoms with Gasteiger partial charge in [0.25, 0.3) is 0 Å². The van der Waals surface area contributed by atoms with Crippen LogP contribution in [0.25, 0.3) is 0 Å². The van der Waals surface area contributed by atoms with Crippen LogP contribution in [-0.2, 0) is 4.79 Å². The van der Waals surface area contributed by atoms with Crippen molar-refractivity contribution < 1.29 is 4.79 Å². The van der Waals surface area contributed by atoms with Crippen LogP contribution in [0, 0.1) is 0 Å². The maximum Gasteiger partial charge on any atom is 0.240 e. The van der Waals surface area contributed by atoms with E-state index < -0.39 is 0 Å². The standard InChI is InChI=1S/C19H31N3O/c1-5-21(4)19(23)18(20(2)3)15-22-13-11-17(12-14-22)16-9-7-6-8-10-16/h6-10,17-18H,5,11-15H2,1-4H3/t18-/m0/s1. The highest BCUT2D eigenvalue weighted by Gasteiger charge is 2.28. The van der Waals surface area contributed by atoms with Crippen molar-refractivity contribution in [2.45, 2.75) is 31.7 Å². The van der Waals surface area contributed by atoms with Gasteiger partial charge in [-0.3, -0.25) is 9.69 Å². The van der Waals surface area contributed by atoms with E-state index in [1.165, 1.54) is 18.4 Å². The lowest BCUT2D eigenvalue weighted by Crippen LogP contribution is -2.51. The third-order valence-corrected chi connectivity index (χ3v) is 5.05. The van der Waals surface area contributed by atoms with E-state index in [1.54, 1.807) is 0 Å². The number of rotatable bonds is 6. The van der Waals surface area contributed by atoms with Crippen LogP contribution in [0.15, 0.2) is 30.3 Å². The molecule has 1 atom stereocenters. The van der Waals surface area contributed by atoms with Crippen LogP contribution in [0.3, 0.4) is 0 Å². The lowest BCUT2D eigenvalue weighted by Gasteiger charge is -2.36. The van der Waals surface area contributed by atoms with Crippen LogP contribution in [0.1, 0.15) is 31.2 Å². The Balaban J connectivity index is 1.90. The molecule has 0 radical (unpaired) electrons. The topological polar surface area (TPSA) is 26.8 Å². The minimum absolute atomic E-state index is 0.0479. The van der Waals surface area contributed by atoms with Crippen molar-refractivity contribution in [1.82, 2.24) is 14.7 Å². The maximum atomic E-state index is 12.5. The molecule has 23 heavy (non-hydrogen) atoms. The van der Waals surface area contributed by atoms with Crippen LogP contribution in [0.2, 0.25) is 0 Å². The van der Waals surface area contributed by atoms with Gasteiger partial charge in [0, 0.05) is 20.1 Å². The Hall–Kier alpha value is -1.39. The minimum atomic E-state index is -0.0479. The fourth-order valence-electron chi connectivity index (χ4n) is 3.29. The molecule has 1 aliphatic heterocycles. The van der Waals surface area contributed by atoms with Gasteiger partial charge in [-0.2, -0.15) is 0 Å². The number of benzene rings is 1. The smallest absolute Gasteiger partial charge is 0.240 e. The monoisotopic (exact) mass is 317 g/mol. The summed E-state index contributed by atoms with van der Waals surface area (Å²) in [4.78, 5) is 18.9. The van der Waals surface area contributed by atoms with Gasteiger partial charge in [0.2, 0.25) is 5.91 Å². The van der Waals surface area contributed by atoms with Crippen molar-refractivity contribution in [3.63, 3.8) is 0 Å². The highest BCUT2D eigenvalue weighted by molar-refractivity contribution is 5.81. The normalized spacial score (nSPS) is 18.1. The minimum Gasteiger partial charge on any atom is -0.345 e. The Labute approximate surface area is 141 Å². The number of amides is 1. The molecule has 0 saturated carbocycles. The summed E-state index contributed by atoms with van der Waals surface area (Å²) in [5.41, 5.74) is 1.46. The molecular weight excluding hydrogens is 286 g/mol. The Kier molecular flexibility index (Phi) is 6.60. The SMILES string of the molecule is CCN(C)C(=O)[C@H](CN1CCC(c2ccccc2)CC1)N(C)C. The molecule has 4 heteroatoms. The van der Waals surface area contributed by atoms with Crippen molar-refractivity contribution in [3.8, 4) is 0 Å². The quantitative estimate of drug-likeness (QED) is 0.805. The predicted molar refractivity (Wildman–Crippen MR) is 95.6 cm³/mol. The van der Waals surface area contributed by atoms with Crippen LogP contribution < -0.4 is 0 Å². The summed E-state index contributed by atoms with van der Waals surface area (Å²) in [7, 11) is 5.89. The van der Waals surface area contributed by atoms with Crippen molar-refractivity contribution in [3.05, 3.63) is 35.9 Å². The number of hydrogen-bond donors (Lipinski definition) is 0. The van der Waals surface area contributed by atoms with Gasteiger partial charge in [-0.15, -0.1) is 0 Å². The second kappa shape index (κ2) is 8.46. The molecule has 1 saturated heterocycles. The molecule has 0 aromatic heterocycles. The highest BCUT2D eigenvalue weighted by atomic mass is 16.2. The summed E-state index contributed by atoms with van der Waals surface area (Å²) in [6.07, 6.45) is 2.37. The number of nitrogens with zero attached hydrogens (tertiary/aromatic N) is 3. The molecule has 0 aliphatic carbocycles. The van der Waals surface area contributed by atoms with Gasteiger partial charge < -0.3 is 9.80 Å². The maximum absolute atomic E-state index is 12.5. The van der Waals surface area contributed by atoms with E-state index in [4.69, 9.17) is 0 Å². The molecule has 1 aliphatic rings. The van der Waals surface area contributed by atoms with Crippen LogP contribution in [-0.4, -0.2) is 74.0 Å². The van der Waals surface area contributed by atoms with Gasteiger partial charge in [-0.1, -0.05) is 30.3 Å². The summed E-state index contributed by atoms with van der Waals surface area (Å²) in [5.74, 6) is 0.891. The average molecular weight is 317 g/mol. The molecule has 0 bridgehead atoms. The molecular formula is C19H31N3O. The van der Waals surface area contributed by atoms with Gasteiger partial charge in [-0.25, -0.2) is 0 Å². The number of carbonyl (C=O) groups excluding carboxylic acids is 1. The zero-order chi connectivity index (χ0) is 16.8. The molecule has 0 unspecified atom stereocenters. The molecule has 1 fully saturated rings. The molecule has 128 valence electrons. The first kappa shape index (κ1) is 18.0. The van der Waals surface area contributed by atoms with Crippen molar-refractivity contribution in [2.24, 2.45) is 0 Å². The lowest BCUT2D eigenvalue weighted by atomic mass is 9.89. The van der Waals surface area contributed by atoms with E-state index in [0.717, 1.165) is 26.2 Å². The first-order valence-corrected chi connectivity index (χ1v) is 8.71. The third-order valence-electron chi connectivity index (χ3n) is 5.05. The van der Waals surface area contributed by atoms with Gasteiger partial charge in [0.15, 0.2) is 0 Å². The summed E-state index contributed by atoms with van der Waals surface area (Å²) >= 11 is 0. The molecule has 4 nitrogen and oxygen atoms in total. The number of carbonyl (C=O) groups is 1. The molecule has 1 aromatic carbocycles. The van der Waals surface area contributed by atoms with Crippen molar-refractivity contribution in [1.29, 1.82) is 0 Å². The van der Waals surface area contributed by atoms with E-state index >= 15 is 0 Å². The van der Waals surface area contributed by atoms with Crippen LogP contribution in [0.4, 0.5) is 0 Å². The van der Waals surface area contributed by atoms with Crippen molar-refractivity contribution >= 4 is 5.91 Å². The van der Waals surface area contributed by atoms with Crippen molar-refractivity contribution in [2.75, 3.05) is 47.3 Å². The van der Waals surface area contributed by atoms with Gasteiger partial charge >= 0.3 is 0 Å². The molecule has 0 N–H and O–H groups in total. The molecule has 1 heterocycles. The fourth-order valence-corrected chi connectivity index (χ4v) is 3.29. The zero-order valence-corrected chi connectivity index (χ0v) is 15.0. The van der Waals surface area contributed by atoms with Gasteiger partial charge in [-0.05, 0) is 58.4 Å². The van der Waals surface area contributed by atoms with Gasteiger partial charge in [0.05, 0.1) is 0 Å². The number of likely N-dealkylation sites (N-methyl/N-ethyl adjacent to an activating group) is 2. The molecule has 1 amide bonds. The molecule has 2 rings (SSSR count). The van der Waals surface area contributed by atoms with Crippen LogP contribution >= 0.6 is 0 Å². The summed E-state index contributed by atoms with van der Waals surface area (Å²) < 4.78 is 0. The van der Waals surface area contributed by atoms with E-state index in [2.05, 4.69) is 40.1 Å². The number of likely N-dealkylation sites (tertiary alicyclic amines) is 1. The predicted octanol–water partition coefficient (Wildman–Crippen LogP) is 2.27.